The van der Waals surface area contributed by atoms with Gasteiger partial charge in [0.25, 0.3) is 0 Å². The molecule has 6 nitrogen and oxygen atoms in total. The number of carboxylic acid groups (broad SMARTS) is 1. The van der Waals surface area contributed by atoms with E-state index in [-0.39, 0.29) is 32.1 Å². The number of ether oxygens (including phenoxy) is 2. The number of aryl methyl sites for hydroxylation is 1. The van der Waals surface area contributed by atoms with Crippen LogP contribution < -0.4 is 4.74 Å². The van der Waals surface area contributed by atoms with Gasteiger partial charge in [0.2, 0.25) is 5.91 Å². The van der Waals surface area contributed by atoms with E-state index < -0.39 is 12.1 Å². The van der Waals surface area contributed by atoms with Crippen molar-refractivity contribution in [2.45, 2.75) is 19.4 Å². The number of rotatable bonds is 5. The fraction of sp³-hybridized carbons (Fsp3) is 0.467. The van der Waals surface area contributed by atoms with Crippen LogP contribution in [0.2, 0.25) is 0 Å². The highest BCUT2D eigenvalue weighted by atomic mass is 16.5. The molecule has 0 bridgehead atoms. The molecule has 1 aromatic carbocycles. The fourth-order valence-electron chi connectivity index (χ4n) is 2.14. The van der Waals surface area contributed by atoms with Crippen molar-refractivity contribution in [3.8, 4) is 5.75 Å². The zero-order valence-electron chi connectivity index (χ0n) is 11.9. The summed E-state index contributed by atoms with van der Waals surface area (Å²) >= 11 is 0. The third-order valence-electron chi connectivity index (χ3n) is 3.27. The van der Waals surface area contributed by atoms with E-state index in [1.165, 1.54) is 4.90 Å². The predicted molar refractivity (Wildman–Crippen MR) is 75.2 cm³/mol. The van der Waals surface area contributed by atoms with Crippen LogP contribution in [0, 0.1) is 6.92 Å². The maximum absolute atomic E-state index is 12.0. The van der Waals surface area contributed by atoms with Crippen molar-refractivity contribution >= 4 is 11.9 Å². The number of hydrogen-bond acceptors (Lipinski definition) is 4. The molecular weight excluding hydrogens is 274 g/mol. The summed E-state index contributed by atoms with van der Waals surface area (Å²) in [7, 11) is 0. The molecule has 1 aromatic rings. The lowest BCUT2D eigenvalue weighted by Crippen LogP contribution is -2.48. The molecule has 1 heterocycles. The molecule has 1 aliphatic heterocycles. The number of aliphatic carboxylic acids is 1. The van der Waals surface area contributed by atoms with Gasteiger partial charge in [-0.25, -0.2) is 4.79 Å². The highest BCUT2D eigenvalue weighted by Crippen LogP contribution is 2.13. The van der Waals surface area contributed by atoms with E-state index in [1.54, 1.807) is 0 Å². The number of benzene rings is 1. The van der Waals surface area contributed by atoms with Crippen LogP contribution >= 0.6 is 0 Å². The first kappa shape index (κ1) is 15.3. The van der Waals surface area contributed by atoms with Crippen LogP contribution in [0.25, 0.3) is 0 Å². The Morgan fingerprint density at radius 1 is 1.48 bits per heavy atom. The second-order valence-electron chi connectivity index (χ2n) is 4.95. The first-order valence-corrected chi connectivity index (χ1v) is 6.88. The van der Waals surface area contributed by atoms with Crippen LogP contribution in [0.5, 0.6) is 5.75 Å². The van der Waals surface area contributed by atoms with E-state index >= 15 is 0 Å². The van der Waals surface area contributed by atoms with E-state index in [1.807, 2.05) is 31.2 Å². The highest BCUT2D eigenvalue weighted by Gasteiger charge is 2.28. The Labute approximate surface area is 123 Å². The minimum Gasteiger partial charge on any atom is -0.493 e. The molecule has 1 fully saturated rings. The van der Waals surface area contributed by atoms with Gasteiger partial charge in [0, 0.05) is 6.54 Å². The van der Waals surface area contributed by atoms with Gasteiger partial charge < -0.3 is 19.5 Å². The molecule has 0 aliphatic carbocycles. The molecule has 0 aromatic heterocycles. The van der Waals surface area contributed by atoms with Gasteiger partial charge in [0.15, 0.2) is 6.10 Å². The molecule has 0 radical (unpaired) electrons. The molecule has 1 N–H and O–H groups in total. The predicted octanol–water partition coefficient (Wildman–Crippen LogP) is 1.08. The monoisotopic (exact) mass is 293 g/mol. The Kier molecular flexibility index (Phi) is 5.16. The Balaban J connectivity index is 1.78. The van der Waals surface area contributed by atoms with Crippen LogP contribution in [-0.2, 0) is 14.3 Å². The van der Waals surface area contributed by atoms with Crippen molar-refractivity contribution in [1.29, 1.82) is 0 Å². The Morgan fingerprint density at radius 2 is 2.29 bits per heavy atom. The lowest BCUT2D eigenvalue weighted by Gasteiger charge is -2.30. The van der Waals surface area contributed by atoms with Gasteiger partial charge in [-0.15, -0.1) is 0 Å². The highest BCUT2D eigenvalue weighted by molar-refractivity contribution is 5.78. The molecule has 1 aliphatic rings. The summed E-state index contributed by atoms with van der Waals surface area (Å²) in [5.74, 6) is -0.422. The molecule has 1 atom stereocenters. The number of morpholine rings is 1. The second-order valence-corrected chi connectivity index (χ2v) is 4.95. The molecule has 114 valence electrons. The van der Waals surface area contributed by atoms with E-state index in [2.05, 4.69) is 0 Å². The van der Waals surface area contributed by atoms with Crippen molar-refractivity contribution in [1.82, 2.24) is 4.90 Å². The van der Waals surface area contributed by atoms with Crippen LogP contribution in [0.4, 0.5) is 0 Å². The number of hydrogen-bond donors (Lipinski definition) is 1. The average Bonchev–Trinajstić information content (AvgIpc) is 2.47. The number of nitrogens with zero attached hydrogens (tertiary/aromatic N) is 1. The topological polar surface area (TPSA) is 76.1 Å². The van der Waals surface area contributed by atoms with Crippen molar-refractivity contribution in [2.24, 2.45) is 0 Å². The van der Waals surface area contributed by atoms with Crippen LogP contribution in [0.1, 0.15) is 12.0 Å². The van der Waals surface area contributed by atoms with Crippen molar-refractivity contribution in [3.05, 3.63) is 29.8 Å². The Hall–Kier alpha value is -2.08. The third kappa shape index (κ3) is 4.46. The number of amides is 1. The minimum atomic E-state index is -1.04. The lowest BCUT2D eigenvalue weighted by molar-refractivity contribution is -0.159. The van der Waals surface area contributed by atoms with Gasteiger partial charge in [-0.3, -0.25) is 4.79 Å². The van der Waals surface area contributed by atoms with Gasteiger partial charge in [-0.1, -0.05) is 12.1 Å². The molecule has 1 amide bonds. The largest absolute Gasteiger partial charge is 0.493 e. The van der Waals surface area contributed by atoms with Gasteiger partial charge in [0.05, 0.1) is 26.2 Å². The maximum Gasteiger partial charge on any atom is 0.334 e. The van der Waals surface area contributed by atoms with E-state index in [0.29, 0.717) is 6.54 Å². The number of carbonyl (C=O) groups excluding carboxylic acids is 1. The summed E-state index contributed by atoms with van der Waals surface area (Å²) < 4.78 is 10.6. The summed E-state index contributed by atoms with van der Waals surface area (Å²) in [6, 6.07) is 7.61. The Bertz CT molecular complexity index is 517. The van der Waals surface area contributed by atoms with Crippen molar-refractivity contribution in [2.75, 3.05) is 26.3 Å². The molecular formula is C15H19NO5. The molecule has 0 unspecified atom stereocenters. The zero-order valence-corrected chi connectivity index (χ0v) is 11.9. The second kappa shape index (κ2) is 7.08. The molecule has 0 saturated carbocycles. The van der Waals surface area contributed by atoms with Crippen molar-refractivity contribution < 1.29 is 24.2 Å². The summed E-state index contributed by atoms with van der Waals surface area (Å²) in [6.07, 6.45) is -0.708. The van der Waals surface area contributed by atoms with Gasteiger partial charge >= 0.3 is 5.97 Å². The van der Waals surface area contributed by atoms with Crippen LogP contribution in [0.15, 0.2) is 24.3 Å². The summed E-state index contributed by atoms with van der Waals surface area (Å²) in [6.45, 7) is 3.02. The normalized spacial score (nSPS) is 18.3. The fourth-order valence-corrected chi connectivity index (χ4v) is 2.14. The quantitative estimate of drug-likeness (QED) is 0.879. The lowest BCUT2D eigenvalue weighted by atomic mass is 10.2. The van der Waals surface area contributed by atoms with E-state index in [4.69, 9.17) is 14.6 Å². The average molecular weight is 293 g/mol. The van der Waals surface area contributed by atoms with Gasteiger partial charge in [-0.2, -0.15) is 0 Å². The standard InChI is InChI=1S/C15H19NO5/c1-11-3-2-4-12(9-11)20-7-5-14(17)16-6-8-21-13(10-16)15(18)19/h2-4,9,13H,5-8,10H2,1H3,(H,18,19)/t13-/m1/s1. The zero-order chi connectivity index (χ0) is 15.2. The summed E-state index contributed by atoms with van der Waals surface area (Å²) in [4.78, 5) is 24.4. The van der Waals surface area contributed by atoms with E-state index in [0.717, 1.165) is 11.3 Å². The number of carboxylic acids is 1. The first-order chi connectivity index (χ1) is 10.1. The molecule has 1 saturated heterocycles. The third-order valence-corrected chi connectivity index (χ3v) is 3.27. The van der Waals surface area contributed by atoms with Crippen LogP contribution in [-0.4, -0.2) is 54.3 Å². The van der Waals surface area contributed by atoms with Crippen molar-refractivity contribution in [3.63, 3.8) is 0 Å². The first-order valence-electron chi connectivity index (χ1n) is 6.88. The number of carbonyl (C=O) groups is 2. The minimum absolute atomic E-state index is 0.0958. The molecule has 21 heavy (non-hydrogen) atoms. The van der Waals surface area contributed by atoms with E-state index in [9.17, 15) is 9.59 Å². The Morgan fingerprint density at radius 3 is 3.00 bits per heavy atom. The summed E-state index contributed by atoms with van der Waals surface area (Å²) in [5.41, 5.74) is 1.09. The van der Waals surface area contributed by atoms with Gasteiger partial charge in [0.1, 0.15) is 5.75 Å². The SMILES string of the molecule is Cc1cccc(OCCC(=O)N2CCO[C@@H](C(=O)O)C2)c1. The van der Waals surface area contributed by atoms with Crippen LogP contribution in [0.3, 0.4) is 0 Å². The maximum atomic E-state index is 12.0. The molecule has 2 rings (SSSR count). The smallest absolute Gasteiger partial charge is 0.334 e. The van der Waals surface area contributed by atoms with Gasteiger partial charge in [-0.05, 0) is 24.6 Å². The molecule has 0 spiro atoms. The molecule has 6 heteroatoms. The summed E-state index contributed by atoms with van der Waals surface area (Å²) in [5, 5.41) is 8.90.